The minimum absolute atomic E-state index is 0.170. The van der Waals surface area contributed by atoms with Gasteiger partial charge in [0.15, 0.2) is 0 Å². The van der Waals surface area contributed by atoms with Crippen LogP contribution in [0.3, 0.4) is 0 Å². The summed E-state index contributed by atoms with van der Waals surface area (Å²) in [6.07, 6.45) is 3.76. The fourth-order valence-corrected chi connectivity index (χ4v) is 6.98. The highest BCUT2D eigenvalue weighted by atomic mass is 35.5. The standard InChI is InChI=1S/C26H23ClN2O2S/c1-3-19-16-29(32(30,31)20-14-12-18(2)13-15-20)25(21-8-4-6-10-23(21)27)26(19)17-28-24-11-7-5-9-22(24)26/h3-15,17,19,25H,1,16H2,2H3. The summed E-state index contributed by atoms with van der Waals surface area (Å²) in [6.45, 7) is 6.30. The zero-order valence-electron chi connectivity index (χ0n) is 17.6. The highest BCUT2D eigenvalue weighted by Gasteiger charge is 2.59. The van der Waals surface area contributed by atoms with E-state index in [1.165, 1.54) is 0 Å². The third-order valence-corrected chi connectivity index (χ3v) is 8.82. The van der Waals surface area contributed by atoms with Crippen LogP contribution >= 0.6 is 11.6 Å². The van der Waals surface area contributed by atoms with E-state index in [0.717, 1.165) is 22.4 Å². The predicted molar refractivity (Wildman–Crippen MR) is 129 cm³/mol. The molecule has 0 saturated carbocycles. The molecule has 4 nitrogen and oxygen atoms in total. The topological polar surface area (TPSA) is 49.7 Å². The SMILES string of the molecule is C=CC1CN(S(=O)(=O)c2ccc(C)cc2)C(c2ccccc2Cl)C12C=Nc1ccccc12. The molecule has 3 aromatic carbocycles. The average molecular weight is 463 g/mol. The Labute approximate surface area is 193 Å². The molecule has 0 amide bonds. The van der Waals surface area contributed by atoms with Gasteiger partial charge in [0.25, 0.3) is 0 Å². The lowest BCUT2D eigenvalue weighted by atomic mass is 9.68. The second-order valence-corrected chi connectivity index (χ2v) is 10.7. The molecule has 3 atom stereocenters. The molecule has 2 aliphatic heterocycles. The van der Waals surface area contributed by atoms with E-state index in [1.807, 2.05) is 73.8 Å². The maximum atomic E-state index is 14.0. The highest BCUT2D eigenvalue weighted by Crippen LogP contribution is 2.58. The van der Waals surface area contributed by atoms with Crippen molar-refractivity contribution in [2.75, 3.05) is 6.54 Å². The van der Waals surface area contributed by atoms with Crippen LogP contribution in [0, 0.1) is 12.8 Å². The van der Waals surface area contributed by atoms with Gasteiger partial charge in [0.05, 0.1) is 22.0 Å². The van der Waals surface area contributed by atoms with Crippen molar-refractivity contribution in [1.29, 1.82) is 0 Å². The zero-order valence-corrected chi connectivity index (χ0v) is 19.2. The minimum Gasteiger partial charge on any atom is -0.260 e. The van der Waals surface area contributed by atoms with Crippen molar-refractivity contribution in [3.8, 4) is 0 Å². The number of rotatable bonds is 4. The summed E-state index contributed by atoms with van der Waals surface area (Å²) in [5, 5.41) is 0.531. The summed E-state index contributed by atoms with van der Waals surface area (Å²) in [7, 11) is -3.81. The predicted octanol–water partition coefficient (Wildman–Crippen LogP) is 5.85. The molecule has 1 spiro atoms. The fraction of sp³-hybridized carbons (Fsp3) is 0.192. The van der Waals surface area contributed by atoms with E-state index in [0.29, 0.717) is 5.02 Å². The van der Waals surface area contributed by atoms with Crippen LogP contribution in [0.5, 0.6) is 0 Å². The van der Waals surface area contributed by atoms with Gasteiger partial charge in [-0.3, -0.25) is 4.99 Å². The Balaban J connectivity index is 1.77. The quantitative estimate of drug-likeness (QED) is 0.456. The highest BCUT2D eigenvalue weighted by molar-refractivity contribution is 7.89. The van der Waals surface area contributed by atoms with Crippen molar-refractivity contribution in [2.24, 2.45) is 10.9 Å². The number of sulfonamides is 1. The summed E-state index contributed by atoms with van der Waals surface area (Å²) in [6, 6.07) is 21.8. The molecule has 2 heterocycles. The number of para-hydroxylation sites is 1. The van der Waals surface area contributed by atoms with E-state index in [1.54, 1.807) is 22.5 Å². The van der Waals surface area contributed by atoms with Crippen LogP contribution in [0.15, 0.2) is 95.3 Å². The Morgan fingerprint density at radius 3 is 2.47 bits per heavy atom. The first-order valence-corrected chi connectivity index (χ1v) is 12.3. The van der Waals surface area contributed by atoms with Crippen LogP contribution in [0.2, 0.25) is 5.02 Å². The Morgan fingerprint density at radius 1 is 1.06 bits per heavy atom. The molecule has 0 aliphatic carbocycles. The lowest BCUT2D eigenvalue weighted by molar-refractivity contribution is 0.357. The third-order valence-electron chi connectivity index (χ3n) is 6.63. The number of hydrogen-bond donors (Lipinski definition) is 0. The van der Waals surface area contributed by atoms with E-state index in [9.17, 15) is 8.42 Å². The molecule has 0 bridgehead atoms. The van der Waals surface area contributed by atoms with Gasteiger partial charge in [0.1, 0.15) is 0 Å². The maximum Gasteiger partial charge on any atom is 0.243 e. The molecular weight excluding hydrogens is 440 g/mol. The van der Waals surface area contributed by atoms with Gasteiger partial charge in [-0.2, -0.15) is 4.31 Å². The molecule has 1 fully saturated rings. The Morgan fingerprint density at radius 2 is 1.75 bits per heavy atom. The van der Waals surface area contributed by atoms with Crippen LogP contribution in [-0.2, 0) is 15.4 Å². The molecule has 3 aromatic rings. The number of benzene rings is 3. The molecule has 0 aromatic heterocycles. The van der Waals surface area contributed by atoms with Gasteiger partial charge in [0, 0.05) is 23.7 Å². The molecule has 162 valence electrons. The molecule has 2 aliphatic rings. The summed E-state index contributed by atoms with van der Waals surface area (Å²) in [4.78, 5) is 4.97. The van der Waals surface area contributed by atoms with E-state index >= 15 is 0 Å². The average Bonchev–Trinajstić information content (AvgIpc) is 3.34. The van der Waals surface area contributed by atoms with E-state index in [4.69, 9.17) is 16.6 Å². The lowest BCUT2D eigenvalue weighted by Gasteiger charge is -2.36. The van der Waals surface area contributed by atoms with Crippen LogP contribution in [0.4, 0.5) is 5.69 Å². The third kappa shape index (κ3) is 2.99. The number of fused-ring (bicyclic) bond motifs is 2. The molecule has 0 radical (unpaired) electrons. The normalized spacial score (nSPS) is 24.7. The summed E-state index contributed by atoms with van der Waals surface area (Å²) in [5.41, 5.74) is 2.92. The van der Waals surface area contributed by atoms with Gasteiger partial charge in [-0.25, -0.2) is 8.42 Å². The smallest absolute Gasteiger partial charge is 0.243 e. The van der Waals surface area contributed by atoms with Crippen molar-refractivity contribution in [1.82, 2.24) is 4.31 Å². The van der Waals surface area contributed by atoms with Gasteiger partial charge >= 0.3 is 0 Å². The Hall–Kier alpha value is -2.73. The van der Waals surface area contributed by atoms with E-state index in [-0.39, 0.29) is 17.4 Å². The van der Waals surface area contributed by atoms with Crippen LogP contribution < -0.4 is 0 Å². The first-order chi connectivity index (χ1) is 15.4. The van der Waals surface area contributed by atoms with Gasteiger partial charge < -0.3 is 0 Å². The largest absolute Gasteiger partial charge is 0.260 e. The number of halogens is 1. The first kappa shape index (κ1) is 21.1. The number of aryl methyl sites for hydroxylation is 1. The number of nitrogens with zero attached hydrogens (tertiary/aromatic N) is 2. The molecule has 6 heteroatoms. The summed E-state index contributed by atoms with van der Waals surface area (Å²) < 4.78 is 29.5. The Kier molecular flexibility index (Phi) is 5.08. The second kappa shape index (κ2) is 7.69. The summed E-state index contributed by atoms with van der Waals surface area (Å²) in [5.74, 6) is -0.170. The lowest BCUT2D eigenvalue weighted by Crippen LogP contribution is -2.40. The van der Waals surface area contributed by atoms with Gasteiger partial charge in [-0.05, 0) is 42.3 Å². The second-order valence-electron chi connectivity index (χ2n) is 8.36. The zero-order chi connectivity index (χ0) is 22.5. The van der Waals surface area contributed by atoms with Crippen molar-refractivity contribution in [2.45, 2.75) is 23.3 Å². The monoisotopic (exact) mass is 462 g/mol. The number of aliphatic imine (C=N–C) groups is 1. The Bertz CT molecular complexity index is 1330. The molecule has 0 N–H and O–H groups in total. The number of hydrogen-bond acceptors (Lipinski definition) is 3. The molecule has 1 saturated heterocycles. The van der Waals surface area contributed by atoms with E-state index in [2.05, 4.69) is 6.58 Å². The van der Waals surface area contributed by atoms with Gasteiger partial charge in [-0.15, -0.1) is 6.58 Å². The summed E-state index contributed by atoms with van der Waals surface area (Å²) >= 11 is 6.67. The van der Waals surface area contributed by atoms with Crippen LogP contribution in [-0.4, -0.2) is 25.5 Å². The molecule has 3 unspecified atom stereocenters. The van der Waals surface area contributed by atoms with E-state index < -0.39 is 21.5 Å². The van der Waals surface area contributed by atoms with Crippen molar-refractivity contribution < 1.29 is 8.42 Å². The molecular formula is C26H23ClN2O2S. The van der Waals surface area contributed by atoms with Gasteiger partial charge in [-0.1, -0.05) is 71.8 Å². The first-order valence-electron chi connectivity index (χ1n) is 10.5. The maximum absolute atomic E-state index is 14.0. The van der Waals surface area contributed by atoms with Crippen LogP contribution in [0.1, 0.15) is 22.7 Å². The van der Waals surface area contributed by atoms with Crippen LogP contribution in [0.25, 0.3) is 0 Å². The van der Waals surface area contributed by atoms with Crippen molar-refractivity contribution in [3.05, 3.63) is 107 Å². The fourth-order valence-electron chi connectivity index (χ4n) is 5.06. The minimum atomic E-state index is -3.81. The molecule has 5 rings (SSSR count). The molecule has 32 heavy (non-hydrogen) atoms. The van der Waals surface area contributed by atoms with Gasteiger partial charge in [0.2, 0.25) is 10.0 Å². The van der Waals surface area contributed by atoms with Crippen molar-refractivity contribution >= 4 is 33.5 Å². The van der Waals surface area contributed by atoms with Crippen molar-refractivity contribution in [3.63, 3.8) is 0 Å².